The number of nitrogens with one attached hydrogen (secondary N) is 1. The molecule has 7 heteroatoms. The van der Waals surface area contributed by atoms with E-state index in [0.717, 1.165) is 40.9 Å². The number of piperidine rings is 1. The number of pyridine rings is 1. The van der Waals surface area contributed by atoms with Gasteiger partial charge >= 0.3 is 0 Å². The zero-order valence-corrected chi connectivity index (χ0v) is 20.6. The predicted molar refractivity (Wildman–Crippen MR) is 138 cm³/mol. The van der Waals surface area contributed by atoms with Crippen LogP contribution in [0.15, 0.2) is 42.0 Å². The zero-order chi connectivity index (χ0) is 22.2. The fourth-order valence-corrected chi connectivity index (χ4v) is 7.29. The third kappa shape index (κ3) is 4.18. The standard InChI is InChI=1S/C26H29N5S2/c1-17-9-12-31(13-10-17)20(22-8-4-14-32-22)16-28-25-23-19-6-2-7-21(19)33-26(23)30-24(29-25)18-5-3-11-27-15-18/h3-5,8,11,14-15,17,20H,2,6-7,9-10,12-13,16H2,1H3,(H,28,29,30)/t20-/m1/s1. The van der Waals surface area contributed by atoms with Crippen molar-refractivity contribution in [2.45, 2.75) is 45.1 Å². The first kappa shape index (κ1) is 21.2. The van der Waals surface area contributed by atoms with E-state index in [1.165, 1.54) is 59.5 Å². The second kappa shape index (κ2) is 9.12. The van der Waals surface area contributed by atoms with Crippen molar-refractivity contribution in [3.8, 4) is 11.4 Å². The first-order valence-corrected chi connectivity index (χ1v) is 13.7. The van der Waals surface area contributed by atoms with E-state index in [1.54, 1.807) is 6.20 Å². The van der Waals surface area contributed by atoms with Gasteiger partial charge in [-0.05, 0) is 80.3 Å². The fourth-order valence-electron chi connectivity index (χ4n) is 5.17. The highest BCUT2D eigenvalue weighted by molar-refractivity contribution is 7.19. The predicted octanol–water partition coefficient (Wildman–Crippen LogP) is 6.19. The Kier molecular flexibility index (Phi) is 5.86. The maximum atomic E-state index is 5.06. The van der Waals surface area contributed by atoms with E-state index in [0.29, 0.717) is 6.04 Å². The van der Waals surface area contributed by atoms with Crippen LogP contribution in [0.3, 0.4) is 0 Å². The lowest BCUT2D eigenvalue weighted by Gasteiger charge is -2.36. The number of rotatable bonds is 6. The summed E-state index contributed by atoms with van der Waals surface area (Å²) >= 11 is 3.72. The van der Waals surface area contributed by atoms with Gasteiger partial charge in [-0.1, -0.05) is 13.0 Å². The second-order valence-corrected chi connectivity index (χ2v) is 11.4. The lowest BCUT2D eigenvalue weighted by Crippen LogP contribution is -2.38. The zero-order valence-electron chi connectivity index (χ0n) is 19.0. The third-order valence-corrected chi connectivity index (χ3v) is 9.24. The SMILES string of the molecule is CC1CCN([C@H](CNc2nc(-c3cccnc3)nc3sc4c(c23)CCC4)c2cccs2)CC1. The number of likely N-dealkylation sites (tertiary alicyclic amines) is 1. The van der Waals surface area contributed by atoms with Crippen LogP contribution in [-0.2, 0) is 12.8 Å². The Morgan fingerprint density at radius 2 is 2.06 bits per heavy atom. The van der Waals surface area contributed by atoms with Crippen molar-refractivity contribution in [3.05, 3.63) is 57.4 Å². The minimum atomic E-state index is 0.371. The van der Waals surface area contributed by atoms with Gasteiger partial charge in [0.2, 0.25) is 0 Å². The molecule has 0 saturated carbocycles. The molecule has 5 nitrogen and oxygen atoms in total. The quantitative estimate of drug-likeness (QED) is 0.360. The Bertz CT molecular complexity index is 1230. The van der Waals surface area contributed by atoms with Crippen LogP contribution in [0.25, 0.3) is 21.6 Å². The molecular weight excluding hydrogens is 446 g/mol. The lowest BCUT2D eigenvalue weighted by molar-refractivity contribution is 0.145. The van der Waals surface area contributed by atoms with Crippen LogP contribution in [0.1, 0.15) is 47.5 Å². The van der Waals surface area contributed by atoms with Gasteiger partial charge in [-0.3, -0.25) is 9.88 Å². The van der Waals surface area contributed by atoms with Gasteiger partial charge in [0.1, 0.15) is 10.6 Å². The first-order valence-electron chi connectivity index (χ1n) is 12.0. The maximum absolute atomic E-state index is 5.06. The molecule has 1 saturated heterocycles. The van der Waals surface area contributed by atoms with E-state index in [1.807, 2.05) is 41.0 Å². The van der Waals surface area contributed by atoms with Crippen molar-refractivity contribution in [1.82, 2.24) is 19.9 Å². The first-order chi connectivity index (χ1) is 16.3. The molecule has 0 amide bonds. The summed E-state index contributed by atoms with van der Waals surface area (Å²) in [5.41, 5.74) is 2.44. The molecule has 1 N–H and O–H groups in total. The Balaban J connectivity index is 1.36. The Morgan fingerprint density at radius 3 is 2.85 bits per heavy atom. The molecule has 170 valence electrons. The Hall–Kier alpha value is -2.35. The molecule has 4 aromatic heterocycles. The summed E-state index contributed by atoms with van der Waals surface area (Å²) < 4.78 is 0. The van der Waals surface area contributed by atoms with Gasteiger partial charge in [-0.2, -0.15) is 0 Å². The van der Waals surface area contributed by atoms with Crippen LogP contribution in [0.4, 0.5) is 5.82 Å². The number of hydrogen-bond donors (Lipinski definition) is 1. The molecule has 1 fully saturated rings. The number of nitrogens with zero attached hydrogens (tertiary/aromatic N) is 4. The van der Waals surface area contributed by atoms with Gasteiger partial charge in [0.15, 0.2) is 5.82 Å². The van der Waals surface area contributed by atoms with Crippen LogP contribution >= 0.6 is 22.7 Å². The summed E-state index contributed by atoms with van der Waals surface area (Å²) in [7, 11) is 0. The molecule has 33 heavy (non-hydrogen) atoms. The molecule has 5 heterocycles. The second-order valence-electron chi connectivity index (χ2n) is 9.31. The van der Waals surface area contributed by atoms with Crippen molar-refractivity contribution < 1.29 is 0 Å². The Morgan fingerprint density at radius 1 is 1.15 bits per heavy atom. The molecule has 0 unspecified atom stereocenters. The van der Waals surface area contributed by atoms with Gasteiger partial charge in [0, 0.05) is 34.3 Å². The highest BCUT2D eigenvalue weighted by atomic mass is 32.1. The van der Waals surface area contributed by atoms with E-state index in [4.69, 9.17) is 9.97 Å². The molecule has 1 aliphatic heterocycles. The third-order valence-electron chi connectivity index (χ3n) is 7.08. The van der Waals surface area contributed by atoms with Gasteiger partial charge in [-0.25, -0.2) is 9.97 Å². The molecule has 2 aliphatic rings. The van der Waals surface area contributed by atoms with Crippen LogP contribution < -0.4 is 5.32 Å². The molecule has 1 aliphatic carbocycles. The summed E-state index contributed by atoms with van der Waals surface area (Å²) in [4.78, 5) is 21.0. The van der Waals surface area contributed by atoms with E-state index in [-0.39, 0.29) is 0 Å². The summed E-state index contributed by atoms with van der Waals surface area (Å²) in [6.45, 7) is 5.57. The van der Waals surface area contributed by atoms with Crippen LogP contribution in [0.2, 0.25) is 0 Å². The number of hydrogen-bond acceptors (Lipinski definition) is 7. The van der Waals surface area contributed by atoms with Crippen LogP contribution in [0.5, 0.6) is 0 Å². The van der Waals surface area contributed by atoms with Gasteiger partial charge in [0.25, 0.3) is 0 Å². The van der Waals surface area contributed by atoms with Crippen molar-refractivity contribution in [1.29, 1.82) is 0 Å². The van der Waals surface area contributed by atoms with E-state index >= 15 is 0 Å². The average Bonchev–Trinajstić information content (AvgIpc) is 3.59. The van der Waals surface area contributed by atoms with Crippen molar-refractivity contribution >= 4 is 38.7 Å². The number of fused-ring (bicyclic) bond motifs is 3. The molecule has 0 spiro atoms. The monoisotopic (exact) mass is 475 g/mol. The summed E-state index contributed by atoms with van der Waals surface area (Å²) in [6.07, 6.45) is 9.76. The average molecular weight is 476 g/mol. The molecule has 0 radical (unpaired) electrons. The molecule has 6 rings (SSSR count). The molecule has 4 aromatic rings. The van der Waals surface area contributed by atoms with Gasteiger partial charge < -0.3 is 5.32 Å². The summed E-state index contributed by atoms with van der Waals surface area (Å²) in [6, 6.07) is 8.83. The number of aryl methyl sites for hydroxylation is 2. The summed E-state index contributed by atoms with van der Waals surface area (Å²) in [5, 5.41) is 7.26. The topological polar surface area (TPSA) is 53.9 Å². The van der Waals surface area contributed by atoms with Crippen molar-refractivity contribution in [2.75, 3.05) is 25.0 Å². The number of thiophene rings is 2. The van der Waals surface area contributed by atoms with Crippen molar-refractivity contribution in [3.63, 3.8) is 0 Å². The van der Waals surface area contributed by atoms with Crippen LogP contribution in [-0.4, -0.2) is 39.5 Å². The highest BCUT2D eigenvalue weighted by Gasteiger charge is 2.27. The summed E-state index contributed by atoms with van der Waals surface area (Å²) in [5.74, 6) is 2.58. The largest absolute Gasteiger partial charge is 0.367 e. The Labute approximate surface area is 202 Å². The maximum Gasteiger partial charge on any atom is 0.164 e. The van der Waals surface area contributed by atoms with Crippen LogP contribution in [0, 0.1) is 5.92 Å². The van der Waals surface area contributed by atoms with Gasteiger partial charge in [0.05, 0.1) is 11.4 Å². The van der Waals surface area contributed by atoms with Gasteiger partial charge in [-0.15, -0.1) is 22.7 Å². The highest BCUT2D eigenvalue weighted by Crippen LogP contribution is 2.41. The van der Waals surface area contributed by atoms with E-state index < -0.39 is 0 Å². The minimum Gasteiger partial charge on any atom is -0.367 e. The molecular formula is C26H29N5S2. The van der Waals surface area contributed by atoms with E-state index in [9.17, 15) is 0 Å². The minimum absolute atomic E-state index is 0.371. The lowest BCUT2D eigenvalue weighted by atomic mass is 9.97. The van der Waals surface area contributed by atoms with Crippen molar-refractivity contribution in [2.24, 2.45) is 5.92 Å². The molecule has 1 atom stereocenters. The normalized spacial score (nSPS) is 18.0. The smallest absolute Gasteiger partial charge is 0.164 e. The van der Waals surface area contributed by atoms with E-state index in [2.05, 4.69) is 39.6 Å². The molecule has 0 aromatic carbocycles. The molecule has 0 bridgehead atoms. The number of aromatic nitrogens is 3. The fraction of sp³-hybridized carbons (Fsp3) is 0.423. The number of anilines is 1.